The fourth-order valence-corrected chi connectivity index (χ4v) is 0.922. The Bertz CT molecular complexity index is 231. The summed E-state index contributed by atoms with van der Waals surface area (Å²) in [5.41, 5.74) is 5.56. The van der Waals surface area contributed by atoms with Gasteiger partial charge in [0.05, 0.1) is 13.2 Å². The SMILES string of the molecule is COCCNC(=O)CNC(=O)C(C)C(C)N. The second kappa shape index (κ2) is 8.06. The van der Waals surface area contributed by atoms with Gasteiger partial charge in [0.25, 0.3) is 0 Å². The normalized spacial score (nSPS) is 14.0. The van der Waals surface area contributed by atoms with Gasteiger partial charge in [0.1, 0.15) is 0 Å². The monoisotopic (exact) mass is 231 g/mol. The van der Waals surface area contributed by atoms with Crippen molar-refractivity contribution < 1.29 is 14.3 Å². The molecule has 0 aliphatic carbocycles. The lowest BCUT2D eigenvalue weighted by Gasteiger charge is -2.15. The Balaban J connectivity index is 3.71. The van der Waals surface area contributed by atoms with E-state index in [9.17, 15) is 9.59 Å². The van der Waals surface area contributed by atoms with E-state index in [0.29, 0.717) is 13.2 Å². The van der Waals surface area contributed by atoms with Crippen LogP contribution in [0.3, 0.4) is 0 Å². The van der Waals surface area contributed by atoms with Crippen molar-refractivity contribution in [2.24, 2.45) is 11.7 Å². The molecule has 16 heavy (non-hydrogen) atoms. The van der Waals surface area contributed by atoms with Crippen molar-refractivity contribution in [3.05, 3.63) is 0 Å². The van der Waals surface area contributed by atoms with Crippen molar-refractivity contribution in [3.8, 4) is 0 Å². The number of hydrogen-bond acceptors (Lipinski definition) is 4. The van der Waals surface area contributed by atoms with Gasteiger partial charge in [-0.2, -0.15) is 0 Å². The predicted octanol–water partition coefficient (Wildman–Crippen LogP) is -1.15. The topological polar surface area (TPSA) is 93.5 Å². The molecular formula is C10H21N3O3. The van der Waals surface area contributed by atoms with E-state index in [1.165, 1.54) is 0 Å². The second-order valence-electron chi connectivity index (χ2n) is 3.71. The Labute approximate surface area is 95.9 Å². The maximum absolute atomic E-state index is 11.4. The highest BCUT2D eigenvalue weighted by molar-refractivity contribution is 5.85. The third-order valence-electron chi connectivity index (χ3n) is 2.25. The number of methoxy groups -OCH3 is 1. The molecule has 0 saturated carbocycles. The minimum atomic E-state index is -0.299. The van der Waals surface area contributed by atoms with E-state index in [2.05, 4.69) is 10.6 Å². The van der Waals surface area contributed by atoms with E-state index >= 15 is 0 Å². The van der Waals surface area contributed by atoms with Gasteiger partial charge in [-0.15, -0.1) is 0 Å². The Kier molecular flexibility index (Phi) is 7.49. The van der Waals surface area contributed by atoms with Gasteiger partial charge in [0.15, 0.2) is 0 Å². The Morgan fingerprint density at radius 3 is 2.44 bits per heavy atom. The summed E-state index contributed by atoms with van der Waals surface area (Å²) >= 11 is 0. The number of ether oxygens (including phenoxy) is 1. The summed E-state index contributed by atoms with van der Waals surface area (Å²) in [4.78, 5) is 22.6. The molecule has 94 valence electrons. The highest BCUT2D eigenvalue weighted by atomic mass is 16.5. The van der Waals surface area contributed by atoms with Gasteiger partial charge in [0, 0.05) is 25.6 Å². The molecule has 0 aromatic rings. The second-order valence-corrected chi connectivity index (χ2v) is 3.71. The number of amides is 2. The zero-order valence-electron chi connectivity index (χ0n) is 10.1. The minimum absolute atomic E-state index is 0.0282. The fraction of sp³-hybridized carbons (Fsp3) is 0.800. The van der Waals surface area contributed by atoms with E-state index < -0.39 is 0 Å². The molecule has 0 heterocycles. The molecule has 2 atom stereocenters. The van der Waals surface area contributed by atoms with Crippen LogP contribution in [-0.2, 0) is 14.3 Å². The van der Waals surface area contributed by atoms with E-state index in [-0.39, 0.29) is 30.3 Å². The summed E-state index contributed by atoms with van der Waals surface area (Å²) in [6.07, 6.45) is 0. The Morgan fingerprint density at radius 2 is 1.94 bits per heavy atom. The maximum atomic E-state index is 11.4. The first-order valence-corrected chi connectivity index (χ1v) is 5.28. The summed E-state index contributed by atoms with van der Waals surface area (Å²) < 4.78 is 4.77. The summed E-state index contributed by atoms with van der Waals surface area (Å²) in [5, 5.41) is 5.12. The van der Waals surface area contributed by atoms with Crippen molar-refractivity contribution in [3.63, 3.8) is 0 Å². The summed E-state index contributed by atoms with van der Waals surface area (Å²) in [6.45, 7) is 4.34. The summed E-state index contributed by atoms with van der Waals surface area (Å²) in [6, 6.07) is -0.225. The smallest absolute Gasteiger partial charge is 0.239 e. The van der Waals surface area contributed by atoms with Crippen molar-refractivity contribution in [1.82, 2.24) is 10.6 Å². The summed E-state index contributed by atoms with van der Waals surface area (Å²) in [5.74, 6) is -0.744. The van der Waals surface area contributed by atoms with E-state index in [1.807, 2.05) is 0 Å². The Morgan fingerprint density at radius 1 is 1.31 bits per heavy atom. The number of nitrogens with two attached hydrogens (primary N) is 1. The highest BCUT2D eigenvalue weighted by Crippen LogP contribution is 1.98. The number of nitrogens with one attached hydrogen (secondary N) is 2. The van der Waals surface area contributed by atoms with Crippen molar-refractivity contribution in [2.45, 2.75) is 19.9 Å². The first-order valence-electron chi connectivity index (χ1n) is 5.28. The lowest BCUT2D eigenvalue weighted by molar-refractivity contribution is -0.128. The third-order valence-corrected chi connectivity index (χ3v) is 2.25. The van der Waals surface area contributed by atoms with E-state index in [4.69, 9.17) is 10.5 Å². The van der Waals surface area contributed by atoms with Gasteiger partial charge in [-0.1, -0.05) is 6.92 Å². The number of hydrogen-bond donors (Lipinski definition) is 3. The van der Waals surface area contributed by atoms with Crippen LogP contribution in [0, 0.1) is 5.92 Å². The minimum Gasteiger partial charge on any atom is -0.383 e. The van der Waals surface area contributed by atoms with Crippen LogP contribution in [-0.4, -0.2) is 44.7 Å². The lowest BCUT2D eigenvalue weighted by atomic mass is 10.0. The van der Waals surface area contributed by atoms with Gasteiger partial charge in [-0.3, -0.25) is 9.59 Å². The molecule has 0 fully saturated rings. The molecule has 6 nitrogen and oxygen atoms in total. The molecule has 0 radical (unpaired) electrons. The quantitative estimate of drug-likeness (QED) is 0.482. The van der Waals surface area contributed by atoms with Crippen LogP contribution in [0.1, 0.15) is 13.8 Å². The molecule has 2 amide bonds. The molecule has 4 N–H and O–H groups in total. The van der Waals surface area contributed by atoms with Crippen LogP contribution in [0.25, 0.3) is 0 Å². The van der Waals surface area contributed by atoms with Crippen LogP contribution < -0.4 is 16.4 Å². The maximum Gasteiger partial charge on any atom is 0.239 e. The molecule has 0 spiro atoms. The fourth-order valence-electron chi connectivity index (χ4n) is 0.922. The number of carbonyl (C=O) groups excluding carboxylic acids is 2. The molecular weight excluding hydrogens is 210 g/mol. The average molecular weight is 231 g/mol. The molecule has 0 aromatic heterocycles. The third kappa shape index (κ3) is 6.36. The molecule has 0 aliphatic heterocycles. The average Bonchev–Trinajstić information content (AvgIpc) is 2.25. The molecule has 0 saturated heterocycles. The van der Waals surface area contributed by atoms with Crippen molar-refractivity contribution >= 4 is 11.8 Å². The van der Waals surface area contributed by atoms with Crippen molar-refractivity contribution in [1.29, 1.82) is 0 Å². The van der Waals surface area contributed by atoms with Gasteiger partial charge in [-0.05, 0) is 6.92 Å². The van der Waals surface area contributed by atoms with Crippen LogP contribution in [0.15, 0.2) is 0 Å². The standard InChI is InChI=1S/C10H21N3O3/c1-7(8(2)11)10(15)13-6-9(14)12-4-5-16-3/h7-8H,4-6,11H2,1-3H3,(H,12,14)(H,13,15). The van der Waals surface area contributed by atoms with Crippen LogP contribution in [0.4, 0.5) is 0 Å². The molecule has 0 bridgehead atoms. The molecule has 2 unspecified atom stereocenters. The van der Waals surface area contributed by atoms with Gasteiger partial charge >= 0.3 is 0 Å². The number of carbonyl (C=O) groups is 2. The van der Waals surface area contributed by atoms with Crippen molar-refractivity contribution in [2.75, 3.05) is 26.8 Å². The van der Waals surface area contributed by atoms with Gasteiger partial charge in [0.2, 0.25) is 11.8 Å². The van der Waals surface area contributed by atoms with E-state index in [0.717, 1.165) is 0 Å². The summed E-state index contributed by atoms with van der Waals surface area (Å²) in [7, 11) is 1.55. The molecule has 0 aliphatic rings. The van der Waals surface area contributed by atoms with E-state index in [1.54, 1.807) is 21.0 Å². The first kappa shape index (κ1) is 14.9. The Hall–Kier alpha value is -1.14. The number of rotatable bonds is 7. The van der Waals surface area contributed by atoms with Crippen LogP contribution in [0.2, 0.25) is 0 Å². The lowest BCUT2D eigenvalue weighted by Crippen LogP contribution is -2.43. The highest BCUT2D eigenvalue weighted by Gasteiger charge is 2.17. The van der Waals surface area contributed by atoms with Crippen LogP contribution >= 0.6 is 0 Å². The zero-order valence-corrected chi connectivity index (χ0v) is 10.1. The predicted molar refractivity (Wildman–Crippen MR) is 60.7 cm³/mol. The van der Waals surface area contributed by atoms with Crippen LogP contribution in [0.5, 0.6) is 0 Å². The van der Waals surface area contributed by atoms with Gasteiger partial charge < -0.3 is 21.1 Å². The first-order chi connectivity index (χ1) is 7.49. The molecule has 0 rings (SSSR count). The largest absolute Gasteiger partial charge is 0.383 e. The zero-order chi connectivity index (χ0) is 12.6. The molecule has 6 heteroatoms. The molecule has 0 aromatic carbocycles. The van der Waals surface area contributed by atoms with Gasteiger partial charge in [-0.25, -0.2) is 0 Å².